The molecule has 0 aliphatic carbocycles. The van der Waals surface area contributed by atoms with Crippen molar-refractivity contribution in [1.82, 2.24) is 20.0 Å². The van der Waals surface area contributed by atoms with E-state index in [0.717, 1.165) is 49.2 Å². The average molecular weight is 275 g/mol. The molecule has 0 bridgehead atoms. The number of nitrogens with one attached hydrogen (secondary N) is 2. The number of aromatic amines is 1. The van der Waals surface area contributed by atoms with Crippen LogP contribution in [0.1, 0.15) is 25.3 Å². The Kier molecular flexibility index (Phi) is 3.84. The molecule has 1 fully saturated rings. The summed E-state index contributed by atoms with van der Waals surface area (Å²) in [5.74, 6) is 0.948. The van der Waals surface area contributed by atoms with E-state index in [1.54, 1.807) is 13.4 Å². The monoisotopic (exact) mass is 275 g/mol. The average Bonchev–Trinajstić information content (AvgIpc) is 2.92. The Balaban J connectivity index is 1.79. The zero-order valence-corrected chi connectivity index (χ0v) is 12.0. The molecule has 0 spiro atoms. The van der Waals surface area contributed by atoms with E-state index in [-0.39, 0.29) is 0 Å². The molecule has 0 saturated carbocycles. The van der Waals surface area contributed by atoms with Crippen LogP contribution in [0.3, 0.4) is 0 Å². The molecule has 108 valence electrons. The molecule has 2 N–H and O–H groups in total. The van der Waals surface area contributed by atoms with E-state index >= 15 is 0 Å². The molecule has 0 unspecified atom stereocenters. The largest absolute Gasteiger partial charge is 0.367 e. The van der Waals surface area contributed by atoms with Gasteiger partial charge in [0.1, 0.15) is 17.8 Å². The van der Waals surface area contributed by atoms with Gasteiger partial charge < -0.3 is 15.1 Å². The Morgan fingerprint density at radius 3 is 2.90 bits per heavy atom. The van der Waals surface area contributed by atoms with Gasteiger partial charge in [-0.1, -0.05) is 6.92 Å². The standard InChI is InChI=1S/C14H21N5O/c1-3-10-8-15-13-12(10)14(17-9-16-13)18-11-4-6-19(20-2)7-5-11/h8-9,11H,3-7H2,1-2H3,(H2,15,16,17,18). The Morgan fingerprint density at radius 2 is 2.20 bits per heavy atom. The molecule has 6 heteroatoms. The van der Waals surface area contributed by atoms with Crippen LogP contribution in [0.4, 0.5) is 5.82 Å². The number of H-pyrrole nitrogens is 1. The van der Waals surface area contributed by atoms with Crippen LogP contribution in [-0.2, 0) is 11.3 Å². The van der Waals surface area contributed by atoms with Gasteiger partial charge in [-0.15, -0.1) is 0 Å². The number of piperidine rings is 1. The second-order valence-corrected chi connectivity index (χ2v) is 5.14. The first kappa shape index (κ1) is 13.3. The molecular formula is C14H21N5O. The molecule has 0 aromatic carbocycles. The molecule has 2 aromatic rings. The van der Waals surface area contributed by atoms with Crippen LogP contribution >= 0.6 is 0 Å². The van der Waals surface area contributed by atoms with E-state index in [2.05, 4.69) is 27.2 Å². The van der Waals surface area contributed by atoms with Gasteiger partial charge >= 0.3 is 0 Å². The van der Waals surface area contributed by atoms with Crippen molar-refractivity contribution in [2.24, 2.45) is 0 Å². The minimum absolute atomic E-state index is 0.444. The molecule has 20 heavy (non-hydrogen) atoms. The van der Waals surface area contributed by atoms with Gasteiger partial charge in [0.05, 0.1) is 12.5 Å². The number of hydrogen-bond donors (Lipinski definition) is 2. The maximum absolute atomic E-state index is 5.26. The number of hydroxylamine groups is 2. The number of hydrogen-bond acceptors (Lipinski definition) is 5. The van der Waals surface area contributed by atoms with Crippen LogP contribution in [0.2, 0.25) is 0 Å². The molecule has 0 radical (unpaired) electrons. The minimum atomic E-state index is 0.444. The first-order valence-corrected chi connectivity index (χ1v) is 7.18. The summed E-state index contributed by atoms with van der Waals surface area (Å²) in [5, 5.41) is 6.71. The van der Waals surface area contributed by atoms with E-state index in [1.165, 1.54) is 5.56 Å². The van der Waals surface area contributed by atoms with Crippen molar-refractivity contribution in [1.29, 1.82) is 0 Å². The van der Waals surface area contributed by atoms with E-state index in [1.807, 2.05) is 11.3 Å². The Hall–Kier alpha value is -1.66. The summed E-state index contributed by atoms with van der Waals surface area (Å²) in [5.41, 5.74) is 2.17. The lowest BCUT2D eigenvalue weighted by atomic mass is 10.1. The fraction of sp³-hybridized carbons (Fsp3) is 0.571. The number of fused-ring (bicyclic) bond motifs is 1. The lowest BCUT2D eigenvalue weighted by Gasteiger charge is -2.30. The van der Waals surface area contributed by atoms with Gasteiger partial charge in [0.2, 0.25) is 0 Å². The predicted octanol–water partition coefficient (Wildman–Crippen LogP) is 1.96. The molecule has 2 aromatic heterocycles. The molecule has 1 aliphatic rings. The lowest BCUT2D eigenvalue weighted by Crippen LogP contribution is -2.38. The topological polar surface area (TPSA) is 66.1 Å². The van der Waals surface area contributed by atoms with Crippen LogP contribution in [0.15, 0.2) is 12.5 Å². The molecular weight excluding hydrogens is 254 g/mol. The second-order valence-electron chi connectivity index (χ2n) is 5.14. The zero-order valence-electron chi connectivity index (χ0n) is 12.0. The highest BCUT2D eigenvalue weighted by Gasteiger charge is 2.20. The normalized spacial score (nSPS) is 17.7. The van der Waals surface area contributed by atoms with Gasteiger partial charge in [-0.05, 0) is 24.8 Å². The molecule has 0 atom stereocenters. The summed E-state index contributed by atoms with van der Waals surface area (Å²) in [7, 11) is 1.73. The number of rotatable bonds is 4. The molecule has 3 rings (SSSR count). The van der Waals surface area contributed by atoms with Crippen LogP contribution in [0, 0.1) is 0 Å². The number of aromatic nitrogens is 3. The highest BCUT2D eigenvalue weighted by atomic mass is 16.7. The SMILES string of the molecule is CCc1c[nH]c2ncnc(NC3CCN(OC)CC3)c12. The van der Waals surface area contributed by atoms with Crippen molar-refractivity contribution in [3.8, 4) is 0 Å². The molecule has 1 saturated heterocycles. The first-order chi connectivity index (χ1) is 9.81. The van der Waals surface area contributed by atoms with Crippen molar-refractivity contribution in [2.75, 3.05) is 25.5 Å². The first-order valence-electron chi connectivity index (χ1n) is 7.18. The van der Waals surface area contributed by atoms with Gasteiger partial charge in [0.25, 0.3) is 0 Å². The van der Waals surface area contributed by atoms with Crippen molar-refractivity contribution in [3.05, 3.63) is 18.1 Å². The highest BCUT2D eigenvalue weighted by Crippen LogP contribution is 2.25. The summed E-state index contributed by atoms with van der Waals surface area (Å²) >= 11 is 0. The van der Waals surface area contributed by atoms with Gasteiger partial charge in [-0.2, -0.15) is 5.06 Å². The molecule has 1 aliphatic heterocycles. The fourth-order valence-electron chi connectivity index (χ4n) is 2.79. The quantitative estimate of drug-likeness (QED) is 0.893. The molecule has 3 heterocycles. The van der Waals surface area contributed by atoms with Crippen LogP contribution in [0.5, 0.6) is 0 Å². The Morgan fingerprint density at radius 1 is 1.40 bits per heavy atom. The van der Waals surface area contributed by atoms with Crippen molar-refractivity contribution >= 4 is 16.9 Å². The maximum Gasteiger partial charge on any atom is 0.143 e. The summed E-state index contributed by atoms with van der Waals surface area (Å²) in [6.45, 7) is 4.06. The summed E-state index contributed by atoms with van der Waals surface area (Å²) in [6.07, 6.45) is 6.74. The Labute approximate surface area is 118 Å². The van der Waals surface area contributed by atoms with Gasteiger partial charge in [-0.25, -0.2) is 9.97 Å². The van der Waals surface area contributed by atoms with Crippen LogP contribution < -0.4 is 5.32 Å². The predicted molar refractivity (Wildman–Crippen MR) is 78.5 cm³/mol. The molecule has 0 amide bonds. The van der Waals surface area contributed by atoms with Gasteiger partial charge in [0, 0.05) is 25.3 Å². The van der Waals surface area contributed by atoms with Crippen molar-refractivity contribution in [3.63, 3.8) is 0 Å². The summed E-state index contributed by atoms with van der Waals surface area (Å²) < 4.78 is 0. The number of nitrogens with zero attached hydrogens (tertiary/aromatic N) is 3. The number of aryl methyl sites for hydroxylation is 1. The van der Waals surface area contributed by atoms with E-state index in [0.29, 0.717) is 6.04 Å². The third-order valence-corrected chi connectivity index (χ3v) is 3.99. The Bertz CT molecular complexity index is 574. The lowest BCUT2D eigenvalue weighted by molar-refractivity contribution is -0.142. The van der Waals surface area contributed by atoms with Crippen LogP contribution in [0.25, 0.3) is 11.0 Å². The minimum Gasteiger partial charge on any atom is -0.367 e. The van der Waals surface area contributed by atoms with Crippen molar-refractivity contribution < 1.29 is 4.84 Å². The number of anilines is 1. The summed E-state index contributed by atoms with van der Waals surface area (Å²) in [6, 6.07) is 0.444. The highest BCUT2D eigenvalue weighted by molar-refractivity contribution is 5.90. The third-order valence-electron chi connectivity index (χ3n) is 3.99. The van der Waals surface area contributed by atoms with E-state index < -0.39 is 0 Å². The molecule has 6 nitrogen and oxygen atoms in total. The van der Waals surface area contributed by atoms with Crippen LogP contribution in [-0.4, -0.2) is 46.3 Å². The van der Waals surface area contributed by atoms with E-state index in [4.69, 9.17) is 4.84 Å². The van der Waals surface area contributed by atoms with Gasteiger partial charge in [0.15, 0.2) is 0 Å². The zero-order chi connectivity index (χ0) is 13.9. The maximum atomic E-state index is 5.26. The third kappa shape index (κ3) is 2.48. The fourth-order valence-corrected chi connectivity index (χ4v) is 2.79. The smallest absolute Gasteiger partial charge is 0.143 e. The van der Waals surface area contributed by atoms with Gasteiger partial charge in [-0.3, -0.25) is 0 Å². The van der Waals surface area contributed by atoms with Crippen molar-refractivity contribution in [2.45, 2.75) is 32.2 Å². The summed E-state index contributed by atoms with van der Waals surface area (Å²) in [4.78, 5) is 17.2. The second kappa shape index (κ2) is 5.76. The van der Waals surface area contributed by atoms with E-state index in [9.17, 15) is 0 Å².